The van der Waals surface area contributed by atoms with Crippen LogP contribution in [-0.4, -0.2) is 49.9 Å². The number of phenolic OH excluding ortho intramolecular Hbond substituents is 1. The number of hydrogen-bond donors (Lipinski definition) is 2. The van der Waals surface area contributed by atoms with Crippen molar-refractivity contribution in [3.05, 3.63) is 40.9 Å². The average molecular weight is 485 g/mol. The molecule has 174 valence electrons. The molecule has 0 saturated heterocycles. The van der Waals surface area contributed by atoms with Crippen LogP contribution in [0.15, 0.2) is 35.2 Å². The van der Waals surface area contributed by atoms with Gasteiger partial charge >= 0.3 is 11.9 Å². The van der Waals surface area contributed by atoms with Gasteiger partial charge in [-0.25, -0.2) is 17.5 Å². The zero-order valence-electron chi connectivity index (χ0n) is 18.1. The lowest BCUT2D eigenvalue weighted by Crippen LogP contribution is -2.27. The van der Waals surface area contributed by atoms with Gasteiger partial charge in [0.05, 0.1) is 11.6 Å². The molecule has 0 aliphatic carbocycles. The summed E-state index contributed by atoms with van der Waals surface area (Å²) in [6.07, 6.45) is 0.612. The summed E-state index contributed by atoms with van der Waals surface area (Å²) in [5.41, 5.74) is 0.769. The standard InChI is InChI=1S/C21H25ClN2O7S/c1-5-9-24(4)32(28,29)18-12-15(7-8-17(18)25)31-19-13(3)10-14(11-16(19)22)23-20(26)21(27)30-6-2/h7-8,10-12,25H,5-6,9H2,1-4H3,(H,23,26). The number of nitrogens with zero attached hydrogens (tertiary/aromatic N) is 1. The molecule has 0 aliphatic heterocycles. The summed E-state index contributed by atoms with van der Waals surface area (Å²) in [7, 11) is -2.49. The molecule has 2 rings (SSSR count). The monoisotopic (exact) mass is 484 g/mol. The fourth-order valence-electron chi connectivity index (χ4n) is 2.80. The first-order chi connectivity index (χ1) is 15.0. The molecule has 0 unspecified atom stereocenters. The lowest BCUT2D eigenvalue weighted by atomic mass is 10.2. The molecule has 32 heavy (non-hydrogen) atoms. The highest BCUT2D eigenvalue weighted by atomic mass is 35.5. The van der Waals surface area contributed by atoms with Crippen LogP contribution in [0.5, 0.6) is 17.2 Å². The summed E-state index contributed by atoms with van der Waals surface area (Å²) >= 11 is 6.29. The molecule has 0 fully saturated rings. The van der Waals surface area contributed by atoms with Crippen LogP contribution < -0.4 is 10.1 Å². The maximum atomic E-state index is 12.7. The van der Waals surface area contributed by atoms with Gasteiger partial charge in [-0.1, -0.05) is 18.5 Å². The van der Waals surface area contributed by atoms with Crippen molar-refractivity contribution in [1.82, 2.24) is 4.31 Å². The SMILES string of the molecule is CCCN(C)S(=O)(=O)c1cc(Oc2c(C)cc(NC(=O)C(=O)OCC)cc2Cl)ccc1O. The van der Waals surface area contributed by atoms with E-state index in [0.29, 0.717) is 12.0 Å². The molecule has 0 heterocycles. The minimum Gasteiger partial charge on any atom is -0.507 e. The van der Waals surface area contributed by atoms with Crippen molar-refractivity contribution in [3.8, 4) is 17.2 Å². The van der Waals surface area contributed by atoms with E-state index >= 15 is 0 Å². The molecule has 0 atom stereocenters. The van der Waals surface area contributed by atoms with Gasteiger partial charge in [-0.05, 0) is 50.1 Å². The second-order valence-electron chi connectivity index (χ2n) is 6.84. The minimum absolute atomic E-state index is 0.0669. The molecule has 0 spiro atoms. The summed E-state index contributed by atoms with van der Waals surface area (Å²) in [5.74, 6) is -2.01. The number of hydrogen-bond acceptors (Lipinski definition) is 7. The zero-order valence-corrected chi connectivity index (χ0v) is 19.7. The van der Waals surface area contributed by atoms with Crippen LogP contribution in [0, 0.1) is 6.92 Å². The number of sulfonamides is 1. The van der Waals surface area contributed by atoms with Crippen LogP contribution in [0.2, 0.25) is 5.02 Å². The molecular weight excluding hydrogens is 460 g/mol. The Kier molecular flexibility index (Phi) is 8.48. The highest BCUT2D eigenvalue weighted by Crippen LogP contribution is 2.37. The van der Waals surface area contributed by atoms with E-state index in [1.165, 1.54) is 37.4 Å². The van der Waals surface area contributed by atoms with E-state index in [1.807, 2.05) is 6.92 Å². The normalized spacial score (nSPS) is 11.3. The van der Waals surface area contributed by atoms with E-state index in [1.54, 1.807) is 13.8 Å². The van der Waals surface area contributed by atoms with E-state index in [2.05, 4.69) is 10.1 Å². The summed E-state index contributed by atoms with van der Waals surface area (Å²) in [6.45, 7) is 5.44. The second-order valence-corrected chi connectivity index (χ2v) is 9.26. The van der Waals surface area contributed by atoms with E-state index in [9.17, 15) is 23.1 Å². The Morgan fingerprint density at radius 2 is 1.88 bits per heavy atom. The number of rotatable bonds is 8. The number of benzene rings is 2. The van der Waals surface area contributed by atoms with Gasteiger partial charge in [0.25, 0.3) is 0 Å². The number of ether oxygens (including phenoxy) is 2. The number of esters is 1. The van der Waals surface area contributed by atoms with E-state index in [4.69, 9.17) is 16.3 Å². The highest BCUT2D eigenvalue weighted by Gasteiger charge is 2.25. The third kappa shape index (κ3) is 5.90. The largest absolute Gasteiger partial charge is 0.507 e. The Labute approximate surface area is 191 Å². The molecule has 0 aliphatic rings. The molecule has 0 saturated carbocycles. The van der Waals surface area contributed by atoms with Crippen LogP contribution >= 0.6 is 11.6 Å². The van der Waals surface area contributed by atoms with Crippen LogP contribution in [0.25, 0.3) is 0 Å². The van der Waals surface area contributed by atoms with Gasteiger partial charge in [0, 0.05) is 25.3 Å². The smallest absolute Gasteiger partial charge is 0.397 e. The summed E-state index contributed by atoms with van der Waals surface area (Å²) < 4.78 is 37.0. The molecule has 0 aromatic heterocycles. The fourth-order valence-corrected chi connectivity index (χ4v) is 4.46. The zero-order chi connectivity index (χ0) is 24.1. The molecule has 0 radical (unpaired) electrons. The van der Waals surface area contributed by atoms with Crippen LogP contribution in [0.1, 0.15) is 25.8 Å². The predicted molar refractivity (Wildman–Crippen MR) is 120 cm³/mol. The number of phenols is 1. The van der Waals surface area contributed by atoms with Gasteiger partial charge in [-0.15, -0.1) is 0 Å². The van der Waals surface area contributed by atoms with E-state index in [0.717, 1.165) is 4.31 Å². The summed E-state index contributed by atoms with van der Waals surface area (Å²) in [4.78, 5) is 23.0. The lowest BCUT2D eigenvalue weighted by molar-refractivity contribution is -0.152. The number of aromatic hydroxyl groups is 1. The first-order valence-corrected chi connectivity index (χ1v) is 11.6. The average Bonchev–Trinajstić information content (AvgIpc) is 2.72. The van der Waals surface area contributed by atoms with Gasteiger partial charge < -0.3 is 19.9 Å². The molecule has 1 amide bonds. The van der Waals surface area contributed by atoms with Crippen LogP contribution in [-0.2, 0) is 24.3 Å². The van der Waals surface area contributed by atoms with Crippen molar-refractivity contribution in [2.24, 2.45) is 0 Å². The quantitative estimate of drug-likeness (QED) is 0.432. The minimum atomic E-state index is -3.92. The van der Waals surface area contributed by atoms with Crippen molar-refractivity contribution in [2.75, 3.05) is 25.5 Å². The molecule has 2 aromatic carbocycles. The Hall–Kier alpha value is -2.82. The molecular formula is C21H25ClN2O7S. The van der Waals surface area contributed by atoms with Gasteiger partial charge in [-0.2, -0.15) is 0 Å². The van der Waals surface area contributed by atoms with E-state index < -0.39 is 27.6 Å². The molecule has 9 nitrogen and oxygen atoms in total. The first kappa shape index (κ1) is 25.4. The molecule has 2 aromatic rings. The fraction of sp³-hybridized carbons (Fsp3) is 0.333. The van der Waals surface area contributed by atoms with Gasteiger partial charge in [-0.3, -0.25) is 4.79 Å². The highest BCUT2D eigenvalue weighted by molar-refractivity contribution is 7.89. The topological polar surface area (TPSA) is 122 Å². The molecule has 2 N–H and O–H groups in total. The van der Waals surface area contributed by atoms with Gasteiger partial charge in [0.15, 0.2) is 0 Å². The number of nitrogens with one attached hydrogen (secondary N) is 1. The number of amides is 1. The maximum absolute atomic E-state index is 12.7. The lowest BCUT2D eigenvalue weighted by Gasteiger charge is -2.18. The Morgan fingerprint density at radius 3 is 2.47 bits per heavy atom. The number of aryl methyl sites for hydroxylation is 1. The number of anilines is 1. The van der Waals surface area contributed by atoms with Gasteiger partial charge in [0.2, 0.25) is 10.0 Å². The Morgan fingerprint density at radius 1 is 1.19 bits per heavy atom. The predicted octanol–water partition coefficient (Wildman–Crippen LogP) is 3.68. The third-order valence-electron chi connectivity index (χ3n) is 4.33. The number of carbonyl (C=O) groups excluding carboxylic acids is 2. The van der Waals surface area contributed by atoms with Crippen molar-refractivity contribution >= 4 is 39.2 Å². The van der Waals surface area contributed by atoms with Gasteiger partial charge in [0.1, 0.15) is 22.1 Å². The second kappa shape index (κ2) is 10.7. The summed E-state index contributed by atoms with van der Waals surface area (Å²) in [5, 5.41) is 12.6. The molecule has 11 heteroatoms. The van der Waals surface area contributed by atoms with Crippen molar-refractivity contribution < 1.29 is 32.6 Å². The van der Waals surface area contributed by atoms with Crippen molar-refractivity contribution in [3.63, 3.8) is 0 Å². The van der Waals surface area contributed by atoms with E-state index in [-0.39, 0.29) is 40.3 Å². The number of carbonyl (C=O) groups is 2. The van der Waals surface area contributed by atoms with Crippen LogP contribution in [0.4, 0.5) is 5.69 Å². The Balaban J connectivity index is 2.32. The van der Waals surface area contributed by atoms with Crippen LogP contribution in [0.3, 0.4) is 0 Å². The first-order valence-electron chi connectivity index (χ1n) is 9.76. The molecule has 0 bridgehead atoms. The van der Waals surface area contributed by atoms with Crippen molar-refractivity contribution in [1.29, 1.82) is 0 Å². The third-order valence-corrected chi connectivity index (χ3v) is 6.49. The number of halogens is 1. The summed E-state index contributed by atoms with van der Waals surface area (Å²) in [6, 6.07) is 6.75. The van der Waals surface area contributed by atoms with Crippen molar-refractivity contribution in [2.45, 2.75) is 32.1 Å². The maximum Gasteiger partial charge on any atom is 0.397 e. The Bertz CT molecular complexity index is 1100.